The van der Waals surface area contributed by atoms with Crippen molar-refractivity contribution in [1.29, 1.82) is 0 Å². The number of halogens is 3. The number of nitrogens with one attached hydrogen (secondary N) is 1. The lowest BCUT2D eigenvalue weighted by Crippen LogP contribution is -2.19. The average Bonchev–Trinajstić information content (AvgIpc) is 2.39. The molecule has 0 heterocycles. The zero-order valence-corrected chi connectivity index (χ0v) is 14.2. The van der Waals surface area contributed by atoms with Gasteiger partial charge in [0.05, 0.1) is 0 Å². The molecule has 0 saturated carbocycles. The summed E-state index contributed by atoms with van der Waals surface area (Å²) in [5.41, 5.74) is 2.18. The molecule has 1 N–H and O–H groups in total. The van der Waals surface area contributed by atoms with Crippen molar-refractivity contribution in [2.24, 2.45) is 0 Å². The first-order chi connectivity index (χ1) is 9.10. The Morgan fingerprint density at radius 3 is 2.74 bits per heavy atom. The molecule has 0 aromatic heterocycles. The molecule has 0 spiro atoms. The van der Waals surface area contributed by atoms with Crippen LogP contribution in [0.25, 0.3) is 0 Å². The highest BCUT2D eigenvalue weighted by Crippen LogP contribution is 2.25. The predicted molar refractivity (Wildman–Crippen MR) is 88.8 cm³/mol. The second kappa shape index (κ2) is 6.81. The van der Waals surface area contributed by atoms with E-state index in [1.165, 1.54) is 15.2 Å². The van der Waals surface area contributed by atoms with Gasteiger partial charge in [-0.3, -0.25) is 0 Å². The van der Waals surface area contributed by atoms with Crippen LogP contribution in [-0.4, -0.2) is 7.05 Å². The van der Waals surface area contributed by atoms with Crippen LogP contribution in [0.3, 0.4) is 0 Å². The van der Waals surface area contributed by atoms with E-state index in [-0.39, 0.29) is 11.9 Å². The predicted octanol–water partition coefficient (Wildman–Crippen LogP) is 4.70. The van der Waals surface area contributed by atoms with Gasteiger partial charge < -0.3 is 5.32 Å². The van der Waals surface area contributed by atoms with E-state index in [0.717, 1.165) is 16.5 Å². The maximum Gasteiger partial charge on any atom is 0.123 e. The van der Waals surface area contributed by atoms with E-state index in [1.807, 2.05) is 13.1 Å². The third kappa shape index (κ3) is 4.00. The van der Waals surface area contributed by atoms with Crippen molar-refractivity contribution >= 4 is 38.5 Å². The van der Waals surface area contributed by atoms with Crippen molar-refractivity contribution in [2.45, 2.75) is 12.5 Å². The fourth-order valence-corrected chi connectivity index (χ4v) is 3.01. The largest absolute Gasteiger partial charge is 0.313 e. The lowest BCUT2D eigenvalue weighted by Gasteiger charge is -2.18. The molecule has 1 atom stereocenters. The van der Waals surface area contributed by atoms with Crippen LogP contribution in [0, 0.1) is 9.39 Å². The Bertz CT molecular complexity index is 574. The Hall–Kier alpha value is -0.460. The summed E-state index contributed by atoms with van der Waals surface area (Å²) in [5, 5.41) is 3.29. The van der Waals surface area contributed by atoms with Crippen LogP contribution in [-0.2, 0) is 6.42 Å². The highest BCUT2D eigenvalue weighted by Gasteiger charge is 2.13. The molecule has 100 valence electrons. The monoisotopic (exact) mass is 433 g/mol. The molecule has 0 bridgehead atoms. The molecule has 1 unspecified atom stereocenters. The summed E-state index contributed by atoms with van der Waals surface area (Å²) < 4.78 is 15.5. The maximum absolute atomic E-state index is 13.3. The van der Waals surface area contributed by atoms with E-state index in [4.69, 9.17) is 0 Å². The van der Waals surface area contributed by atoms with Crippen LogP contribution in [0.4, 0.5) is 4.39 Å². The topological polar surface area (TPSA) is 12.0 Å². The van der Waals surface area contributed by atoms with Gasteiger partial charge in [-0.25, -0.2) is 4.39 Å². The molecule has 19 heavy (non-hydrogen) atoms. The first kappa shape index (κ1) is 14.9. The maximum atomic E-state index is 13.3. The Balaban J connectivity index is 2.26. The summed E-state index contributed by atoms with van der Waals surface area (Å²) in [6, 6.07) is 13.3. The Morgan fingerprint density at radius 1 is 1.26 bits per heavy atom. The van der Waals surface area contributed by atoms with Crippen molar-refractivity contribution in [2.75, 3.05) is 7.05 Å². The molecule has 2 aromatic rings. The molecule has 0 aliphatic heterocycles. The highest BCUT2D eigenvalue weighted by atomic mass is 127. The minimum absolute atomic E-state index is 0.174. The van der Waals surface area contributed by atoms with E-state index in [9.17, 15) is 4.39 Å². The van der Waals surface area contributed by atoms with Gasteiger partial charge in [0.25, 0.3) is 0 Å². The van der Waals surface area contributed by atoms with Gasteiger partial charge in [-0.2, -0.15) is 0 Å². The highest BCUT2D eigenvalue weighted by molar-refractivity contribution is 14.1. The molecule has 4 heteroatoms. The zero-order valence-electron chi connectivity index (χ0n) is 10.5. The molecule has 0 aliphatic carbocycles. The first-order valence-electron chi connectivity index (χ1n) is 5.97. The van der Waals surface area contributed by atoms with Gasteiger partial charge >= 0.3 is 0 Å². The van der Waals surface area contributed by atoms with Crippen LogP contribution < -0.4 is 5.32 Å². The van der Waals surface area contributed by atoms with E-state index in [2.05, 4.69) is 62.0 Å². The molecule has 0 radical (unpaired) electrons. The van der Waals surface area contributed by atoms with E-state index in [1.54, 1.807) is 12.1 Å². The van der Waals surface area contributed by atoms with Gasteiger partial charge in [0.2, 0.25) is 0 Å². The molecular weight excluding hydrogens is 420 g/mol. The van der Waals surface area contributed by atoms with Crippen molar-refractivity contribution in [1.82, 2.24) is 5.32 Å². The molecule has 0 aliphatic rings. The van der Waals surface area contributed by atoms with Crippen molar-refractivity contribution in [3.8, 4) is 0 Å². The fraction of sp³-hybridized carbons (Fsp3) is 0.200. The summed E-state index contributed by atoms with van der Waals surface area (Å²) in [7, 11) is 1.93. The lowest BCUT2D eigenvalue weighted by molar-refractivity contribution is 0.582. The van der Waals surface area contributed by atoms with Crippen LogP contribution in [0.15, 0.2) is 46.9 Å². The third-order valence-electron chi connectivity index (χ3n) is 3.03. The normalized spacial score (nSPS) is 12.4. The molecule has 2 aromatic carbocycles. The third-order valence-corrected chi connectivity index (χ3v) is 4.48. The minimum atomic E-state index is -0.198. The van der Waals surface area contributed by atoms with Gasteiger partial charge in [-0.15, -0.1) is 0 Å². The Kier molecular flexibility index (Phi) is 5.36. The summed E-state index contributed by atoms with van der Waals surface area (Å²) >= 11 is 5.78. The van der Waals surface area contributed by atoms with Gasteiger partial charge in [0.15, 0.2) is 0 Å². The molecule has 1 nitrogen and oxygen atoms in total. The quantitative estimate of drug-likeness (QED) is 0.689. The van der Waals surface area contributed by atoms with Gasteiger partial charge in [0, 0.05) is 14.1 Å². The zero-order chi connectivity index (χ0) is 13.8. The van der Waals surface area contributed by atoms with E-state index < -0.39 is 0 Å². The van der Waals surface area contributed by atoms with Crippen molar-refractivity contribution in [3.63, 3.8) is 0 Å². The molecule has 2 rings (SSSR count). The van der Waals surface area contributed by atoms with Crippen molar-refractivity contribution < 1.29 is 4.39 Å². The van der Waals surface area contributed by atoms with Crippen LogP contribution in [0.2, 0.25) is 0 Å². The molecule has 0 saturated heterocycles. The first-order valence-corrected chi connectivity index (χ1v) is 7.84. The van der Waals surface area contributed by atoms with Crippen molar-refractivity contribution in [3.05, 3.63) is 67.5 Å². The van der Waals surface area contributed by atoms with E-state index in [0.29, 0.717) is 0 Å². The van der Waals surface area contributed by atoms with Gasteiger partial charge in [-0.05, 0) is 77.5 Å². The lowest BCUT2D eigenvalue weighted by atomic mass is 9.99. The SMILES string of the molecule is CNC(Cc1cc(F)ccc1Br)c1cccc(I)c1. The summed E-state index contributed by atoms with van der Waals surface area (Å²) in [6.45, 7) is 0. The van der Waals surface area contributed by atoms with Crippen LogP contribution in [0.1, 0.15) is 17.2 Å². The second-order valence-corrected chi connectivity index (χ2v) is 6.44. The average molecular weight is 434 g/mol. The molecule has 0 fully saturated rings. The standard InChI is InChI=1S/C15H14BrFIN/c1-19-15(10-3-2-4-13(18)8-10)9-11-7-12(17)5-6-14(11)16/h2-8,15,19H,9H2,1H3. The number of hydrogen-bond acceptors (Lipinski definition) is 1. The Morgan fingerprint density at radius 2 is 2.05 bits per heavy atom. The molecular formula is C15H14BrFIN. The van der Waals surface area contributed by atoms with Gasteiger partial charge in [0.1, 0.15) is 5.82 Å². The Labute approximate surface area is 134 Å². The van der Waals surface area contributed by atoms with E-state index >= 15 is 0 Å². The number of rotatable bonds is 4. The smallest absolute Gasteiger partial charge is 0.123 e. The molecule has 0 amide bonds. The number of likely N-dealkylation sites (N-methyl/N-ethyl adjacent to an activating group) is 1. The van der Waals surface area contributed by atoms with Crippen LogP contribution >= 0.6 is 38.5 Å². The summed E-state index contributed by atoms with van der Waals surface area (Å²) in [6.07, 6.45) is 0.745. The van der Waals surface area contributed by atoms with Crippen LogP contribution in [0.5, 0.6) is 0 Å². The summed E-state index contributed by atoms with van der Waals surface area (Å²) in [4.78, 5) is 0. The van der Waals surface area contributed by atoms with Gasteiger partial charge in [-0.1, -0.05) is 28.1 Å². The minimum Gasteiger partial charge on any atom is -0.313 e. The summed E-state index contributed by atoms with van der Waals surface area (Å²) in [5.74, 6) is -0.198. The second-order valence-electron chi connectivity index (χ2n) is 4.34. The number of hydrogen-bond donors (Lipinski definition) is 1. The fourth-order valence-electron chi connectivity index (χ4n) is 2.03. The number of benzene rings is 2.